The minimum absolute atomic E-state index is 0.0140. The molecular weight excluding hydrogens is 384 g/mol. The van der Waals surface area contributed by atoms with Gasteiger partial charge < -0.3 is 9.16 Å². The Balaban J connectivity index is 1.86. The summed E-state index contributed by atoms with van der Waals surface area (Å²) in [5, 5.41) is 2.69. The van der Waals surface area contributed by atoms with Gasteiger partial charge in [-0.15, -0.1) is 6.58 Å². The normalized spacial score (nSPS) is 22.6. The highest BCUT2D eigenvalue weighted by atomic mass is 28.4. The third-order valence-corrected chi connectivity index (χ3v) is 11.6. The van der Waals surface area contributed by atoms with Gasteiger partial charge in [0.05, 0.1) is 12.2 Å². The molecular formula is C27H38O2Si. The Kier molecular flexibility index (Phi) is 7.73. The molecule has 2 aromatic rings. The van der Waals surface area contributed by atoms with Crippen molar-refractivity contribution in [3.05, 3.63) is 73.3 Å². The highest BCUT2D eigenvalue weighted by molar-refractivity contribution is 6.99. The summed E-state index contributed by atoms with van der Waals surface area (Å²) in [6, 6.07) is 21.8. The zero-order valence-electron chi connectivity index (χ0n) is 19.1. The summed E-state index contributed by atoms with van der Waals surface area (Å²) in [5.74, 6) is 0.578. The summed E-state index contributed by atoms with van der Waals surface area (Å²) in [4.78, 5) is 0. The maximum absolute atomic E-state index is 7.05. The van der Waals surface area contributed by atoms with Crippen LogP contribution in [-0.4, -0.2) is 27.1 Å². The molecule has 1 saturated heterocycles. The Labute approximate surface area is 184 Å². The fourth-order valence-corrected chi connectivity index (χ4v) is 9.47. The van der Waals surface area contributed by atoms with E-state index in [1.54, 1.807) is 0 Å². The van der Waals surface area contributed by atoms with Gasteiger partial charge in [0.2, 0.25) is 0 Å². The Morgan fingerprint density at radius 3 is 2.07 bits per heavy atom. The fraction of sp³-hybridized carbons (Fsp3) is 0.481. The van der Waals surface area contributed by atoms with Crippen molar-refractivity contribution in [2.45, 2.75) is 70.6 Å². The van der Waals surface area contributed by atoms with Crippen LogP contribution in [0.4, 0.5) is 0 Å². The van der Waals surface area contributed by atoms with Gasteiger partial charge in [-0.25, -0.2) is 0 Å². The van der Waals surface area contributed by atoms with E-state index in [1.807, 2.05) is 6.08 Å². The van der Waals surface area contributed by atoms with Gasteiger partial charge in [-0.3, -0.25) is 0 Å². The van der Waals surface area contributed by atoms with Gasteiger partial charge in [0.25, 0.3) is 8.32 Å². The van der Waals surface area contributed by atoms with Gasteiger partial charge in [0.1, 0.15) is 0 Å². The molecule has 162 valence electrons. The third-order valence-electron chi connectivity index (χ3n) is 6.51. The van der Waals surface area contributed by atoms with Crippen LogP contribution in [0.1, 0.15) is 53.4 Å². The summed E-state index contributed by atoms with van der Waals surface area (Å²) >= 11 is 0. The molecule has 0 unspecified atom stereocenters. The minimum atomic E-state index is -2.46. The molecule has 2 aromatic carbocycles. The van der Waals surface area contributed by atoms with Gasteiger partial charge in [-0.05, 0) is 47.0 Å². The highest BCUT2D eigenvalue weighted by Crippen LogP contribution is 2.37. The van der Waals surface area contributed by atoms with E-state index in [0.29, 0.717) is 12.0 Å². The second-order valence-electron chi connectivity index (χ2n) is 9.68. The van der Waals surface area contributed by atoms with Gasteiger partial charge in [-0.1, -0.05) is 94.4 Å². The molecule has 30 heavy (non-hydrogen) atoms. The summed E-state index contributed by atoms with van der Waals surface area (Å²) in [6.07, 6.45) is 6.81. The first-order valence-corrected chi connectivity index (χ1v) is 13.3. The lowest BCUT2D eigenvalue weighted by Gasteiger charge is -2.43. The van der Waals surface area contributed by atoms with Crippen LogP contribution in [0.25, 0.3) is 0 Å². The van der Waals surface area contributed by atoms with Crippen LogP contribution < -0.4 is 10.4 Å². The average molecular weight is 423 g/mol. The standard InChI is InChI=1S/C27H38O2Si/c1-6-13-23-19-18-22(2)26(29-23)20-21-28-30(27(3,4)5,24-14-9-7-10-15-24)25-16-11-8-12-17-25/h6-12,14-17,22-23,26H,1,13,18-21H2,2-5H3/t22-,23+,26+/m0/s1. The van der Waals surface area contributed by atoms with Crippen molar-refractivity contribution in [3.8, 4) is 0 Å². The lowest BCUT2D eigenvalue weighted by Crippen LogP contribution is -2.66. The SMILES string of the molecule is C=CC[C@@H]1CC[C@H](C)[C@@H](CCO[Si](c2ccccc2)(c2ccccc2)C(C)(C)C)O1. The summed E-state index contributed by atoms with van der Waals surface area (Å²) in [6.45, 7) is 13.9. The summed E-state index contributed by atoms with van der Waals surface area (Å²) in [5.41, 5.74) is 0. The predicted molar refractivity (Wildman–Crippen MR) is 130 cm³/mol. The van der Waals surface area contributed by atoms with Gasteiger partial charge in [-0.2, -0.15) is 0 Å². The molecule has 3 heteroatoms. The largest absolute Gasteiger partial charge is 0.407 e. The molecule has 2 nitrogen and oxygen atoms in total. The van der Waals surface area contributed by atoms with Crippen molar-refractivity contribution in [2.75, 3.05) is 6.61 Å². The van der Waals surface area contributed by atoms with Crippen molar-refractivity contribution in [3.63, 3.8) is 0 Å². The second kappa shape index (κ2) is 10.1. The van der Waals surface area contributed by atoms with Crippen molar-refractivity contribution in [2.24, 2.45) is 5.92 Å². The first-order valence-electron chi connectivity index (χ1n) is 11.4. The fourth-order valence-electron chi connectivity index (χ4n) is 4.89. The summed E-state index contributed by atoms with van der Waals surface area (Å²) < 4.78 is 13.5. The zero-order valence-corrected chi connectivity index (χ0v) is 20.1. The molecule has 0 saturated carbocycles. The van der Waals surface area contributed by atoms with Crippen LogP contribution in [0.5, 0.6) is 0 Å². The molecule has 3 atom stereocenters. The van der Waals surface area contributed by atoms with E-state index in [9.17, 15) is 0 Å². The molecule has 1 heterocycles. The molecule has 0 spiro atoms. The molecule has 1 aliphatic heterocycles. The van der Waals surface area contributed by atoms with Gasteiger partial charge in [0, 0.05) is 6.61 Å². The number of hydrogen-bond acceptors (Lipinski definition) is 2. The lowest BCUT2D eigenvalue weighted by molar-refractivity contribution is -0.0840. The lowest BCUT2D eigenvalue weighted by atomic mass is 9.91. The molecule has 0 aromatic heterocycles. The van der Waals surface area contributed by atoms with E-state index in [4.69, 9.17) is 9.16 Å². The van der Waals surface area contributed by atoms with Crippen molar-refractivity contribution >= 4 is 18.7 Å². The van der Waals surface area contributed by atoms with Crippen LogP contribution >= 0.6 is 0 Å². The third kappa shape index (κ3) is 4.96. The van der Waals surface area contributed by atoms with E-state index in [1.165, 1.54) is 16.8 Å². The Hall–Kier alpha value is -1.68. The van der Waals surface area contributed by atoms with Crippen LogP contribution in [-0.2, 0) is 9.16 Å². The quantitative estimate of drug-likeness (QED) is 0.400. The topological polar surface area (TPSA) is 18.5 Å². The zero-order chi connectivity index (χ0) is 21.6. The average Bonchev–Trinajstić information content (AvgIpc) is 2.74. The van der Waals surface area contributed by atoms with E-state index >= 15 is 0 Å². The maximum atomic E-state index is 7.05. The van der Waals surface area contributed by atoms with Crippen LogP contribution in [0.3, 0.4) is 0 Å². The van der Waals surface area contributed by atoms with E-state index in [0.717, 1.165) is 25.9 Å². The molecule has 1 fully saturated rings. The Morgan fingerprint density at radius 1 is 1.00 bits per heavy atom. The Bertz CT molecular complexity index is 742. The first-order chi connectivity index (χ1) is 14.4. The first kappa shape index (κ1) is 23.0. The van der Waals surface area contributed by atoms with E-state index < -0.39 is 8.32 Å². The molecule has 1 aliphatic rings. The van der Waals surface area contributed by atoms with E-state index in [2.05, 4.69) is 94.9 Å². The van der Waals surface area contributed by atoms with Crippen molar-refractivity contribution in [1.82, 2.24) is 0 Å². The molecule has 0 aliphatic carbocycles. The monoisotopic (exact) mass is 422 g/mol. The van der Waals surface area contributed by atoms with Gasteiger partial charge in [0.15, 0.2) is 0 Å². The predicted octanol–water partition coefficient (Wildman–Crippen LogP) is 5.71. The molecule has 0 bridgehead atoms. The minimum Gasteiger partial charge on any atom is -0.407 e. The summed E-state index contributed by atoms with van der Waals surface area (Å²) in [7, 11) is -2.46. The van der Waals surface area contributed by atoms with Crippen molar-refractivity contribution < 1.29 is 9.16 Å². The smallest absolute Gasteiger partial charge is 0.261 e. The number of hydrogen-bond donors (Lipinski definition) is 0. The number of rotatable bonds is 8. The number of benzene rings is 2. The van der Waals surface area contributed by atoms with Crippen LogP contribution in [0, 0.1) is 5.92 Å². The van der Waals surface area contributed by atoms with E-state index in [-0.39, 0.29) is 11.1 Å². The Morgan fingerprint density at radius 2 is 1.57 bits per heavy atom. The second-order valence-corrected chi connectivity index (χ2v) is 14.0. The molecule has 0 N–H and O–H groups in total. The molecule has 0 radical (unpaired) electrons. The molecule has 3 rings (SSSR count). The van der Waals surface area contributed by atoms with Crippen LogP contribution in [0.2, 0.25) is 5.04 Å². The maximum Gasteiger partial charge on any atom is 0.261 e. The number of ether oxygens (including phenoxy) is 1. The van der Waals surface area contributed by atoms with Crippen LogP contribution in [0.15, 0.2) is 73.3 Å². The van der Waals surface area contributed by atoms with Crippen molar-refractivity contribution in [1.29, 1.82) is 0 Å². The highest BCUT2D eigenvalue weighted by Gasteiger charge is 2.50. The molecule has 0 amide bonds. The van der Waals surface area contributed by atoms with Gasteiger partial charge >= 0.3 is 0 Å².